The zero-order valence-corrected chi connectivity index (χ0v) is 12.7. The second kappa shape index (κ2) is 6.72. The number of carbonyl (C=O) groups excluding carboxylic acids is 2. The summed E-state index contributed by atoms with van der Waals surface area (Å²) in [6.45, 7) is 6.55. The molecule has 1 aliphatic heterocycles. The van der Waals surface area contributed by atoms with Crippen molar-refractivity contribution >= 4 is 17.6 Å². The lowest BCUT2D eigenvalue weighted by molar-refractivity contribution is -0.118. The zero-order valence-electron chi connectivity index (χ0n) is 12.7. The summed E-state index contributed by atoms with van der Waals surface area (Å²) in [5.74, 6) is -0.0447. The summed E-state index contributed by atoms with van der Waals surface area (Å²) in [6.07, 6.45) is 0.865. The number of nitrogens with one attached hydrogen (secondary N) is 2. The summed E-state index contributed by atoms with van der Waals surface area (Å²) in [5.41, 5.74) is 1.16. The van der Waals surface area contributed by atoms with Crippen molar-refractivity contribution in [2.75, 3.05) is 11.9 Å². The molecule has 0 aliphatic carbocycles. The van der Waals surface area contributed by atoms with Gasteiger partial charge in [-0.1, -0.05) is 6.92 Å². The normalized spacial score (nSPS) is 21.3. The summed E-state index contributed by atoms with van der Waals surface area (Å²) in [5, 5.41) is 6.06. The molecule has 0 saturated carbocycles. The molecule has 1 aromatic rings. The predicted octanol–water partition coefficient (Wildman–Crippen LogP) is 2.19. The van der Waals surface area contributed by atoms with Gasteiger partial charge in [0.1, 0.15) is 0 Å². The van der Waals surface area contributed by atoms with E-state index in [0.29, 0.717) is 17.2 Å². The lowest BCUT2D eigenvalue weighted by Gasteiger charge is -2.15. The Morgan fingerprint density at radius 2 is 1.95 bits per heavy atom. The minimum atomic E-state index is -0.353. The first-order valence-corrected chi connectivity index (χ1v) is 7.32. The molecule has 1 aliphatic rings. The molecule has 1 saturated heterocycles. The van der Waals surface area contributed by atoms with Crippen LogP contribution in [-0.2, 0) is 9.53 Å². The van der Waals surface area contributed by atoms with Crippen LogP contribution in [0.15, 0.2) is 24.3 Å². The third kappa shape index (κ3) is 4.04. The summed E-state index contributed by atoms with van der Waals surface area (Å²) >= 11 is 0. The van der Waals surface area contributed by atoms with Gasteiger partial charge in [0.25, 0.3) is 0 Å². The fourth-order valence-corrected chi connectivity index (χ4v) is 2.38. The van der Waals surface area contributed by atoms with Crippen molar-refractivity contribution in [2.24, 2.45) is 5.92 Å². The van der Waals surface area contributed by atoms with E-state index in [1.807, 2.05) is 13.8 Å². The van der Waals surface area contributed by atoms with E-state index < -0.39 is 0 Å². The van der Waals surface area contributed by atoms with Gasteiger partial charge in [-0.2, -0.15) is 0 Å². The fourth-order valence-electron chi connectivity index (χ4n) is 2.38. The maximum absolute atomic E-state index is 12.1. The molecule has 0 radical (unpaired) electrons. The summed E-state index contributed by atoms with van der Waals surface area (Å²) in [4.78, 5) is 23.8. The summed E-state index contributed by atoms with van der Waals surface area (Å²) in [6, 6.07) is 6.61. The third-order valence-electron chi connectivity index (χ3n) is 3.55. The molecule has 1 aromatic carbocycles. The van der Waals surface area contributed by atoms with Crippen LogP contribution in [-0.4, -0.2) is 30.6 Å². The number of hydrogen-bond donors (Lipinski definition) is 2. The van der Waals surface area contributed by atoms with Crippen LogP contribution < -0.4 is 10.6 Å². The molecule has 1 amide bonds. The number of benzene rings is 1. The average Bonchev–Trinajstić information content (AvgIpc) is 2.85. The van der Waals surface area contributed by atoms with Gasteiger partial charge in [0.15, 0.2) is 0 Å². The van der Waals surface area contributed by atoms with Gasteiger partial charge >= 0.3 is 5.97 Å². The van der Waals surface area contributed by atoms with Crippen molar-refractivity contribution in [3.05, 3.63) is 29.8 Å². The molecule has 5 heteroatoms. The summed E-state index contributed by atoms with van der Waals surface area (Å²) in [7, 11) is 0. The standard InChI is InChI=1S/C16H22N2O3/c1-10(2)21-16(20)12-4-6-13(7-5-12)18-15(19)14-11(3)8-9-17-14/h4-7,10-11,14,17H,8-9H2,1-3H3,(H,18,19). The van der Waals surface area contributed by atoms with Crippen LogP contribution in [0.4, 0.5) is 5.69 Å². The Bertz CT molecular complexity index is 511. The van der Waals surface area contributed by atoms with Crippen molar-refractivity contribution < 1.29 is 14.3 Å². The Hall–Kier alpha value is -1.88. The molecular formula is C16H22N2O3. The average molecular weight is 290 g/mol. The largest absolute Gasteiger partial charge is 0.459 e. The Labute approximate surface area is 125 Å². The van der Waals surface area contributed by atoms with E-state index in [4.69, 9.17) is 4.74 Å². The van der Waals surface area contributed by atoms with Gasteiger partial charge in [-0.3, -0.25) is 4.79 Å². The van der Waals surface area contributed by atoms with E-state index in [-0.39, 0.29) is 24.0 Å². The van der Waals surface area contributed by atoms with Crippen LogP contribution in [0.5, 0.6) is 0 Å². The molecule has 2 atom stereocenters. The molecule has 2 rings (SSSR count). The number of esters is 1. The molecule has 0 spiro atoms. The monoisotopic (exact) mass is 290 g/mol. The summed E-state index contributed by atoms with van der Waals surface area (Å²) < 4.78 is 5.12. The SMILES string of the molecule is CC(C)OC(=O)c1ccc(NC(=O)C2NCCC2C)cc1. The Kier molecular flexibility index (Phi) is 4.96. The minimum absolute atomic E-state index is 0.0301. The predicted molar refractivity (Wildman–Crippen MR) is 81.2 cm³/mol. The van der Waals surface area contributed by atoms with E-state index in [1.54, 1.807) is 24.3 Å². The smallest absolute Gasteiger partial charge is 0.338 e. The molecule has 0 aromatic heterocycles. The molecule has 1 fully saturated rings. The second-order valence-corrected chi connectivity index (χ2v) is 5.72. The van der Waals surface area contributed by atoms with Crippen molar-refractivity contribution in [1.29, 1.82) is 0 Å². The molecule has 2 unspecified atom stereocenters. The second-order valence-electron chi connectivity index (χ2n) is 5.72. The lowest BCUT2D eigenvalue weighted by atomic mass is 10.0. The van der Waals surface area contributed by atoms with Crippen LogP contribution >= 0.6 is 0 Å². The van der Waals surface area contributed by atoms with Gasteiger partial charge in [-0.25, -0.2) is 4.79 Å². The van der Waals surface area contributed by atoms with E-state index in [9.17, 15) is 9.59 Å². The molecule has 1 heterocycles. The maximum atomic E-state index is 12.1. The number of amides is 1. The van der Waals surface area contributed by atoms with Crippen LogP contribution in [0.3, 0.4) is 0 Å². The first-order valence-electron chi connectivity index (χ1n) is 7.32. The Morgan fingerprint density at radius 3 is 2.48 bits per heavy atom. The third-order valence-corrected chi connectivity index (χ3v) is 3.55. The van der Waals surface area contributed by atoms with Crippen molar-refractivity contribution in [3.63, 3.8) is 0 Å². The van der Waals surface area contributed by atoms with Crippen LogP contribution in [0, 0.1) is 5.92 Å². The van der Waals surface area contributed by atoms with Crippen molar-refractivity contribution in [2.45, 2.75) is 39.3 Å². The quantitative estimate of drug-likeness (QED) is 0.834. The first kappa shape index (κ1) is 15.5. The van der Waals surface area contributed by atoms with Gasteiger partial charge < -0.3 is 15.4 Å². The molecular weight excluding hydrogens is 268 g/mol. The number of carbonyl (C=O) groups is 2. The van der Waals surface area contributed by atoms with Gasteiger partial charge in [0.05, 0.1) is 17.7 Å². The van der Waals surface area contributed by atoms with E-state index >= 15 is 0 Å². The number of ether oxygens (including phenoxy) is 1. The Balaban J connectivity index is 1.96. The Morgan fingerprint density at radius 1 is 1.29 bits per heavy atom. The van der Waals surface area contributed by atoms with Gasteiger partial charge in [0.2, 0.25) is 5.91 Å². The number of hydrogen-bond acceptors (Lipinski definition) is 4. The number of anilines is 1. The van der Waals surface area contributed by atoms with E-state index in [2.05, 4.69) is 17.6 Å². The highest BCUT2D eigenvalue weighted by atomic mass is 16.5. The maximum Gasteiger partial charge on any atom is 0.338 e. The molecule has 0 bridgehead atoms. The van der Waals surface area contributed by atoms with E-state index in [1.165, 1.54) is 0 Å². The number of rotatable bonds is 4. The molecule has 5 nitrogen and oxygen atoms in total. The minimum Gasteiger partial charge on any atom is -0.459 e. The van der Waals surface area contributed by atoms with Crippen molar-refractivity contribution in [1.82, 2.24) is 5.32 Å². The highest BCUT2D eigenvalue weighted by molar-refractivity contribution is 5.96. The van der Waals surface area contributed by atoms with Gasteiger partial charge in [-0.15, -0.1) is 0 Å². The fraction of sp³-hybridized carbons (Fsp3) is 0.500. The van der Waals surface area contributed by atoms with E-state index in [0.717, 1.165) is 13.0 Å². The van der Waals surface area contributed by atoms with Gasteiger partial charge in [-0.05, 0) is 57.0 Å². The van der Waals surface area contributed by atoms with Crippen LogP contribution in [0.25, 0.3) is 0 Å². The highest BCUT2D eigenvalue weighted by Crippen LogP contribution is 2.17. The molecule has 21 heavy (non-hydrogen) atoms. The lowest BCUT2D eigenvalue weighted by Crippen LogP contribution is -2.39. The molecule has 114 valence electrons. The topological polar surface area (TPSA) is 67.4 Å². The van der Waals surface area contributed by atoms with Crippen molar-refractivity contribution in [3.8, 4) is 0 Å². The first-order chi connectivity index (χ1) is 9.97. The van der Waals surface area contributed by atoms with Crippen LogP contribution in [0.2, 0.25) is 0 Å². The van der Waals surface area contributed by atoms with Gasteiger partial charge in [0, 0.05) is 5.69 Å². The zero-order chi connectivity index (χ0) is 15.4. The highest BCUT2D eigenvalue weighted by Gasteiger charge is 2.29. The molecule has 2 N–H and O–H groups in total. The van der Waals surface area contributed by atoms with Crippen LogP contribution in [0.1, 0.15) is 37.6 Å².